The molecular weight excluding hydrogens is 499 g/mol. The third-order valence-electron chi connectivity index (χ3n) is 5.86. The Hall–Kier alpha value is -2.41. The van der Waals surface area contributed by atoms with Crippen LogP contribution in [0.4, 0.5) is 4.79 Å². The van der Waals surface area contributed by atoms with Crippen LogP contribution in [0.25, 0.3) is 5.57 Å². The van der Waals surface area contributed by atoms with E-state index >= 15 is 0 Å². The van der Waals surface area contributed by atoms with Gasteiger partial charge in [-0.05, 0) is 54.7 Å². The number of ether oxygens (including phenoxy) is 2. The van der Waals surface area contributed by atoms with Crippen molar-refractivity contribution in [2.45, 2.75) is 30.2 Å². The molecule has 1 saturated heterocycles. The zero-order valence-corrected chi connectivity index (χ0v) is 21.0. The fourth-order valence-electron chi connectivity index (χ4n) is 4.27. The van der Waals surface area contributed by atoms with E-state index in [9.17, 15) is 9.59 Å². The molecule has 2 amide bonds. The monoisotopic (exact) mass is 522 g/mol. The smallest absolute Gasteiger partial charge is 0.409 e. The molecule has 0 saturated carbocycles. The Balaban J connectivity index is 1.65. The van der Waals surface area contributed by atoms with Gasteiger partial charge in [0.2, 0.25) is 3.79 Å². The van der Waals surface area contributed by atoms with Crippen LogP contribution in [0.15, 0.2) is 48.0 Å². The van der Waals surface area contributed by atoms with E-state index in [1.807, 2.05) is 31.2 Å². The minimum atomic E-state index is -1.64. The average Bonchev–Trinajstić information content (AvgIpc) is 2.99. The number of alkyl halides is 3. The Labute approximate surface area is 213 Å². The van der Waals surface area contributed by atoms with Gasteiger partial charge in [0.1, 0.15) is 19.0 Å². The number of rotatable bonds is 3. The number of likely N-dealkylation sites (tertiary alicyclic amines) is 1. The summed E-state index contributed by atoms with van der Waals surface area (Å²) in [6.07, 6.45) is 0.848. The summed E-state index contributed by atoms with van der Waals surface area (Å²) in [4.78, 5) is 26.4. The van der Waals surface area contributed by atoms with Crippen LogP contribution < -0.4 is 10.1 Å². The quantitative estimate of drug-likeness (QED) is 0.522. The lowest BCUT2D eigenvalue weighted by molar-refractivity contribution is 0.0954. The molecule has 180 valence electrons. The number of hydrogen-bond donors (Lipinski definition) is 1. The van der Waals surface area contributed by atoms with Crippen LogP contribution in [-0.2, 0) is 11.3 Å². The van der Waals surface area contributed by atoms with E-state index in [4.69, 9.17) is 44.3 Å². The second-order valence-electron chi connectivity index (χ2n) is 8.15. The number of carbonyl (C=O) groups excluding carboxylic acids is 2. The van der Waals surface area contributed by atoms with E-state index in [0.29, 0.717) is 50.4 Å². The van der Waals surface area contributed by atoms with Crippen LogP contribution in [0.1, 0.15) is 46.8 Å². The molecule has 0 atom stereocenters. The summed E-state index contributed by atoms with van der Waals surface area (Å²) in [6, 6.07) is 13.7. The second kappa shape index (κ2) is 10.5. The lowest BCUT2D eigenvalue weighted by Gasteiger charge is -2.30. The minimum Gasteiger partial charge on any atom is -0.488 e. The van der Waals surface area contributed by atoms with Gasteiger partial charge in [0.05, 0.1) is 0 Å². The number of benzene rings is 2. The third kappa shape index (κ3) is 5.62. The summed E-state index contributed by atoms with van der Waals surface area (Å²) in [5, 5.41) is 2.83. The lowest BCUT2D eigenvalue weighted by Crippen LogP contribution is -2.38. The number of nitrogens with zero attached hydrogens (tertiary/aromatic N) is 1. The first kappa shape index (κ1) is 24.7. The summed E-state index contributed by atoms with van der Waals surface area (Å²) in [5.41, 5.74) is 6.00. The molecule has 4 rings (SSSR count). The molecule has 2 aliphatic rings. The van der Waals surface area contributed by atoms with E-state index in [-0.39, 0.29) is 12.5 Å². The number of nitrogens with one attached hydrogen (secondary N) is 1. The highest BCUT2D eigenvalue weighted by Gasteiger charge is 2.29. The van der Waals surface area contributed by atoms with Gasteiger partial charge in [0.25, 0.3) is 5.91 Å². The molecule has 1 N–H and O–H groups in total. The molecule has 34 heavy (non-hydrogen) atoms. The number of hydrogen-bond acceptors (Lipinski definition) is 4. The Morgan fingerprint density at radius 3 is 2.53 bits per heavy atom. The van der Waals surface area contributed by atoms with Crippen molar-refractivity contribution < 1.29 is 19.1 Å². The molecule has 2 aromatic carbocycles. The first-order valence-corrected chi connectivity index (χ1v) is 12.2. The van der Waals surface area contributed by atoms with E-state index in [2.05, 4.69) is 17.4 Å². The van der Waals surface area contributed by atoms with Gasteiger partial charge in [-0.1, -0.05) is 64.6 Å². The molecule has 2 aromatic rings. The fourth-order valence-corrected chi connectivity index (χ4v) is 4.43. The molecule has 0 unspecified atom stereocenters. The largest absolute Gasteiger partial charge is 0.488 e. The number of carbonyl (C=O) groups is 2. The highest BCUT2D eigenvalue weighted by molar-refractivity contribution is 6.67. The van der Waals surface area contributed by atoms with Gasteiger partial charge in [0.15, 0.2) is 0 Å². The second-order valence-corrected chi connectivity index (χ2v) is 10.7. The lowest BCUT2D eigenvalue weighted by atomic mass is 9.86. The van der Waals surface area contributed by atoms with Crippen molar-refractivity contribution in [3.05, 3.63) is 70.3 Å². The topological polar surface area (TPSA) is 67.9 Å². The van der Waals surface area contributed by atoms with Gasteiger partial charge in [-0.2, -0.15) is 0 Å². The van der Waals surface area contributed by atoms with Crippen LogP contribution in [-0.4, -0.2) is 46.9 Å². The van der Waals surface area contributed by atoms with Gasteiger partial charge in [-0.15, -0.1) is 0 Å². The number of piperidine rings is 1. The Morgan fingerprint density at radius 1 is 1.09 bits per heavy atom. The third-order valence-corrected chi connectivity index (χ3v) is 6.19. The van der Waals surface area contributed by atoms with Crippen LogP contribution >= 0.6 is 34.8 Å². The Kier molecular flexibility index (Phi) is 7.60. The molecule has 0 spiro atoms. The minimum absolute atomic E-state index is 0.133. The van der Waals surface area contributed by atoms with Crippen molar-refractivity contribution in [3.63, 3.8) is 0 Å². The highest BCUT2D eigenvalue weighted by atomic mass is 35.6. The molecule has 6 nitrogen and oxygen atoms in total. The van der Waals surface area contributed by atoms with E-state index in [1.54, 1.807) is 11.0 Å². The molecule has 0 aliphatic carbocycles. The van der Waals surface area contributed by atoms with Crippen molar-refractivity contribution in [2.75, 3.05) is 26.2 Å². The highest BCUT2D eigenvalue weighted by Crippen LogP contribution is 2.41. The van der Waals surface area contributed by atoms with Crippen molar-refractivity contribution in [1.82, 2.24) is 10.2 Å². The van der Waals surface area contributed by atoms with E-state index in [0.717, 1.165) is 22.3 Å². The van der Waals surface area contributed by atoms with Crippen molar-refractivity contribution in [3.8, 4) is 5.75 Å². The van der Waals surface area contributed by atoms with E-state index < -0.39 is 9.89 Å². The SMILES string of the molecule is CCNC(=O)c1ccc2c(c1)OCc1ccccc1C2=C1CCN(C(=O)OCC(Cl)(Cl)Cl)CC1. The van der Waals surface area contributed by atoms with Gasteiger partial charge in [-0.3, -0.25) is 4.79 Å². The van der Waals surface area contributed by atoms with Gasteiger partial charge < -0.3 is 19.7 Å². The normalized spacial score (nSPS) is 15.6. The molecule has 2 aliphatic heterocycles. The van der Waals surface area contributed by atoms with Crippen LogP contribution in [0.5, 0.6) is 5.75 Å². The average molecular weight is 524 g/mol. The summed E-state index contributed by atoms with van der Waals surface area (Å²) in [7, 11) is 0. The maximum atomic E-state index is 12.4. The first-order valence-electron chi connectivity index (χ1n) is 11.1. The standard InChI is InChI=1S/C25H25Cl3N2O4/c1-2-29-23(31)17-7-8-20-21(13-17)33-14-18-5-3-4-6-19(18)22(20)16-9-11-30(12-10-16)24(32)34-15-25(26,27)28/h3-8,13H,2,9-12,14-15H2,1H3,(H,29,31). The summed E-state index contributed by atoms with van der Waals surface area (Å²) < 4.78 is 9.64. The van der Waals surface area contributed by atoms with Crippen molar-refractivity contribution in [2.24, 2.45) is 0 Å². The summed E-state index contributed by atoms with van der Waals surface area (Å²) in [6.45, 7) is 3.54. The van der Waals surface area contributed by atoms with Crippen LogP contribution in [0, 0.1) is 0 Å². The van der Waals surface area contributed by atoms with Gasteiger partial charge >= 0.3 is 6.09 Å². The van der Waals surface area contributed by atoms with Crippen molar-refractivity contribution in [1.29, 1.82) is 0 Å². The molecule has 0 bridgehead atoms. The molecule has 1 fully saturated rings. The zero-order valence-electron chi connectivity index (χ0n) is 18.7. The molecule has 2 heterocycles. The number of amides is 2. The Bertz CT molecular complexity index is 1120. The first-order chi connectivity index (χ1) is 16.3. The van der Waals surface area contributed by atoms with Gasteiger partial charge in [0, 0.05) is 30.8 Å². The molecular formula is C25H25Cl3N2O4. The summed E-state index contributed by atoms with van der Waals surface area (Å²) in [5.74, 6) is 0.540. The molecule has 0 radical (unpaired) electrons. The zero-order chi connectivity index (χ0) is 24.3. The molecule has 0 aromatic heterocycles. The number of halogens is 3. The maximum Gasteiger partial charge on any atom is 0.409 e. The van der Waals surface area contributed by atoms with Gasteiger partial charge in [-0.25, -0.2) is 4.79 Å². The predicted molar refractivity (Wildman–Crippen MR) is 134 cm³/mol. The number of fused-ring (bicyclic) bond motifs is 2. The Morgan fingerprint density at radius 2 is 1.82 bits per heavy atom. The van der Waals surface area contributed by atoms with Crippen LogP contribution in [0.3, 0.4) is 0 Å². The van der Waals surface area contributed by atoms with Crippen LogP contribution in [0.2, 0.25) is 0 Å². The molecule has 9 heteroatoms. The predicted octanol–water partition coefficient (Wildman–Crippen LogP) is 5.73. The van der Waals surface area contributed by atoms with Crippen molar-refractivity contribution >= 4 is 52.4 Å². The maximum absolute atomic E-state index is 12.4. The van der Waals surface area contributed by atoms with E-state index in [1.165, 1.54) is 5.57 Å². The summed E-state index contributed by atoms with van der Waals surface area (Å²) >= 11 is 17.1. The fraction of sp³-hybridized carbons (Fsp3) is 0.360.